The van der Waals surface area contributed by atoms with Crippen LogP contribution in [0.3, 0.4) is 0 Å². The lowest BCUT2D eigenvalue weighted by Gasteiger charge is -2.12. The molecular weight excluding hydrogens is 372 g/mol. The summed E-state index contributed by atoms with van der Waals surface area (Å²) >= 11 is 6.01. The highest BCUT2D eigenvalue weighted by Gasteiger charge is 2.10. The van der Waals surface area contributed by atoms with Gasteiger partial charge in [0.1, 0.15) is 24.7 Å². The van der Waals surface area contributed by atoms with Crippen LogP contribution >= 0.6 is 11.6 Å². The molecule has 8 heteroatoms. The van der Waals surface area contributed by atoms with Gasteiger partial charge in [0, 0.05) is 16.8 Å². The standard InChI is InChI=1S/C19H21ClN2O5/c1-12-4-5-13(8-15(12)20)21-18(23)10-27-11-19(24)22-16-7-6-14(25-2)9-17(16)26-3/h4-9H,10-11H2,1-3H3,(H,21,23)(H,22,24). The van der Waals surface area contributed by atoms with Crippen LogP contribution in [0.2, 0.25) is 5.02 Å². The van der Waals surface area contributed by atoms with E-state index in [0.29, 0.717) is 27.9 Å². The molecule has 27 heavy (non-hydrogen) atoms. The summed E-state index contributed by atoms with van der Waals surface area (Å²) in [5.41, 5.74) is 1.95. The number of methoxy groups -OCH3 is 2. The summed E-state index contributed by atoms with van der Waals surface area (Å²) in [6.07, 6.45) is 0. The molecule has 0 saturated heterocycles. The van der Waals surface area contributed by atoms with Crippen molar-refractivity contribution in [2.75, 3.05) is 38.1 Å². The maximum atomic E-state index is 12.0. The van der Waals surface area contributed by atoms with Crippen molar-refractivity contribution in [1.29, 1.82) is 0 Å². The van der Waals surface area contributed by atoms with E-state index < -0.39 is 5.91 Å². The van der Waals surface area contributed by atoms with Crippen LogP contribution in [0.1, 0.15) is 5.56 Å². The highest BCUT2D eigenvalue weighted by Crippen LogP contribution is 2.28. The normalized spacial score (nSPS) is 10.2. The SMILES string of the molecule is COc1ccc(NC(=O)COCC(=O)Nc2ccc(C)c(Cl)c2)c(OC)c1. The van der Waals surface area contributed by atoms with Crippen LogP contribution in [0, 0.1) is 6.92 Å². The maximum absolute atomic E-state index is 12.0. The Morgan fingerprint density at radius 1 is 0.963 bits per heavy atom. The van der Waals surface area contributed by atoms with E-state index in [1.165, 1.54) is 14.2 Å². The van der Waals surface area contributed by atoms with Gasteiger partial charge in [0.05, 0.1) is 19.9 Å². The predicted octanol–water partition coefficient (Wildman–Crippen LogP) is 3.26. The monoisotopic (exact) mass is 392 g/mol. The number of ether oxygens (including phenoxy) is 3. The second kappa shape index (κ2) is 9.80. The van der Waals surface area contributed by atoms with Gasteiger partial charge < -0.3 is 24.8 Å². The molecule has 144 valence electrons. The zero-order chi connectivity index (χ0) is 19.8. The Morgan fingerprint density at radius 2 is 1.67 bits per heavy atom. The lowest BCUT2D eigenvalue weighted by atomic mass is 10.2. The average molecular weight is 393 g/mol. The number of aryl methyl sites for hydroxylation is 1. The molecule has 0 atom stereocenters. The van der Waals surface area contributed by atoms with Gasteiger partial charge in [0.25, 0.3) is 0 Å². The molecule has 2 aromatic carbocycles. The van der Waals surface area contributed by atoms with Crippen molar-refractivity contribution in [2.24, 2.45) is 0 Å². The molecule has 0 spiro atoms. The molecule has 0 fully saturated rings. The summed E-state index contributed by atoms with van der Waals surface area (Å²) in [5, 5.41) is 5.86. The molecule has 0 aromatic heterocycles. The first-order chi connectivity index (χ1) is 12.9. The zero-order valence-electron chi connectivity index (χ0n) is 15.3. The van der Waals surface area contributed by atoms with Crippen LogP contribution in [-0.2, 0) is 14.3 Å². The van der Waals surface area contributed by atoms with Crippen LogP contribution in [0.5, 0.6) is 11.5 Å². The van der Waals surface area contributed by atoms with Gasteiger partial charge >= 0.3 is 0 Å². The van der Waals surface area contributed by atoms with Gasteiger partial charge in [-0.2, -0.15) is 0 Å². The van der Waals surface area contributed by atoms with Crippen molar-refractivity contribution in [2.45, 2.75) is 6.92 Å². The number of anilines is 2. The minimum atomic E-state index is -0.412. The number of hydrogen-bond donors (Lipinski definition) is 2. The third-order valence-electron chi connectivity index (χ3n) is 3.60. The van der Waals surface area contributed by atoms with Crippen molar-refractivity contribution in [1.82, 2.24) is 0 Å². The Kier molecular flexibility index (Phi) is 7.45. The third-order valence-corrected chi connectivity index (χ3v) is 4.01. The molecule has 2 amide bonds. The van der Waals surface area contributed by atoms with E-state index in [1.807, 2.05) is 6.92 Å². The van der Waals surface area contributed by atoms with Crippen LogP contribution in [0.4, 0.5) is 11.4 Å². The topological polar surface area (TPSA) is 85.9 Å². The first-order valence-corrected chi connectivity index (χ1v) is 8.46. The molecule has 7 nitrogen and oxygen atoms in total. The van der Waals surface area contributed by atoms with Crippen molar-refractivity contribution in [3.05, 3.63) is 47.0 Å². The summed E-state index contributed by atoms with van der Waals surface area (Å²) < 4.78 is 15.5. The molecule has 0 aliphatic carbocycles. The minimum absolute atomic E-state index is 0.265. The largest absolute Gasteiger partial charge is 0.497 e. The predicted molar refractivity (Wildman–Crippen MR) is 104 cm³/mol. The van der Waals surface area contributed by atoms with Crippen molar-refractivity contribution >= 4 is 34.8 Å². The van der Waals surface area contributed by atoms with Crippen LogP contribution in [0.15, 0.2) is 36.4 Å². The highest BCUT2D eigenvalue weighted by atomic mass is 35.5. The summed E-state index contributed by atoms with van der Waals surface area (Å²) in [6, 6.07) is 10.2. The zero-order valence-corrected chi connectivity index (χ0v) is 16.1. The molecule has 0 unspecified atom stereocenters. The number of carbonyl (C=O) groups is 2. The van der Waals surface area contributed by atoms with Crippen molar-refractivity contribution < 1.29 is 23.8 Å². The quantitative estimate of drug-likeness (QED) is 0.720. The fraction of sp³-hybridized carbons (Fsp3) is 0.263. The summed E-state index contributed by atoms with van der Waals surface area (Å²) in [5.74, 6) is 0.264. The second-order valence-corrected chi connectivity index (χ2v) is 6.03. The summed E-state index contributed by atoms with van der Waals surface area (Å²) in [6.45, 7) is 1.32. The first-order valence-electron chi connectivity index (χ1n) is 8.08. The number of hydrogen-bond acceptors (Lipinski definition) is 5. The number of rotatable bonds is 8. The molecular formula is C19H21ClN2O5. The molecule has 0 radical (unpaired) electrons. The van der Waals surface area contributed by atoms with E-state index in [4.69, 9.17) is 25.8 Å². The van der Waals surface area contributed by atoms with Crippen LogP contribution in [0.25, 0.3) is 0 Å². The minimum Gasteiger partial charge on any atom is -0.497 e. The Labute approximate surface area is 162 Å². The van der Waals surface area contributed by atoms with E-state index in [-0.39, 0.29) is 19.1 Å². The highest BCUT2D eigenvalue weighted by molar-refractivity contribution is 6.31. The summed E-state index contributed by atoms with van der Waals surface area (Å²) in [7, 11) is 3.03. The molecule has 2 aromatic rings. The van der Waals surface area contributed by atoms with E-state index in [1.54, 1.807) is 36.4 Å². The van der Waals surface area contributed by atoms with Gasteiger partial charge in [-0.3, -0.25) is 9.59 Å². The molecule has 2 rings (SSSR count). The number of benzene rings is 2. The fourth-order valence-corrected chi connectivity index (χ4v) is 2.37. The van der Waals surface area contributed by atoms with E-state index in [9.17, 15) is 9.59 Å². The van der Waals surface area contributed by atoms with Crippen molar-refractivity contribution in [3.8, 4) is 11.5 Å². The van der Waals surface area contributed by atoms with Crippen LogP contribution in [-0.4, -0.2) is 39.2 Å². The van der Waals surface area contributed by atoms with E-state index >= 15 is 0 Å². The third kappa shape index (κ3) is 6.16. The maximum Gasteiger partial charge on any atom is 0.250 e. The second-order valence-electron chi connectivity index (χ2n) is 5.62. The van der Waals surface area contributed by atoms with Gasteiger partial charge in [0.15, 0.2) is 0 Å². The smallest absolute Gasteiger partial charge is 0.250 e. The average Bonchev–Trinajstić information content (AvgIpc) is 2.65. The number of halogens is 1. The van der Waals surface area contributed by atoms with Gasteiger partial charge in [-0.1, -0.05) is 17.7 Å². The van der Waals surface area contributed by atoms with Crippen molar-refractivity contribution in [3.63, 3.8) is 0 Å². The Balaban J connectivity index is 1.80. The Hall–Kier alpha value is -2.77. The fourth-order valence-electron chi connectivity index (χ4n) is 2.19. The molecule has 0 heterocycles. The number of carbonyl (C=O) groups excluding carboxylic acids is 2. The van der Waals surface area contributed by atoms with Gasteiger partial charge in [-0.05, 0) is 36.8 Å². The Morgan fingerprint density at radius 3 is 2.30 bits per heavy atom. The van der Waals surface area contributed by atoms with E-state index in [2.05, 4.69) is 10.6 Å². The Bertz CT molecular complexity index is 826. The van der Waals surface area contributed by atoms with Gasteiger partial charge in [-0.25, -0.2) is 0 Å². The molecule has 0 aliphatic heterocycles. The first kappa shape index (κ1) is 20.5. The number of amides is 2. The molecule has 0 saturated carbocycles. The van der Waals surface area contributed by atoms with E-state index in [0.717, 1.165) is 5.56 Å². The number of nitrogens with one attached hydrogen (secondary N) is 2. The lowest BCUT2D eigenvalue weighted by molar-refractivity contribution is -0.125. The van der Waals surface area contributed by atoms with Crippen LogP contribution < -0.4 is 20.1 Å². The lowest BCUT2D eigenvalue weighted by Crippen LogP contribution is -2.24. The van der Waals surface area contributed by atoms with Gasteiger partial charge in [0.2, 0.25) is 11.8 Å². The molecule has 0 bridgehead atoms. The van der Waals surface area contributed by atoms with Gasteiger partial charge in [-0.15, -0.1) is 0 Å². The molecule has 0 aliphatic rings. The summed E-state index contributed by atoms with van der Waals surface area (Å²) in [4.78, 5) is 23.9. The molecule has 2 N–H and O–H groups in total.